The van der Waals surface area contributed by atoms with Gasteiger partial charge in [0.1, 0.15) is 5.75 Å². The van der Waals surface area contributed by atoms with Crippen LogP contribution in [0.15, 0.2) is 47.1 Å². The van der Waals surface area contributed by atoms with Crippen molar-refractivity contribution in [1.82, 2.24) is 0 Å². The molecule has 0 aliphatic heterocycles. The maximum absolute atomic E-state index is 8.63. The molecular weight excluding hydrogens is 244 g/mol. The van der Waals surface area contributed by atoms with E-state index in [1.54, 1.807) is 24.3 Å². The number of hydrogen-bond acceptors (Lipinski definition) is 1. The summed E-state index contributed by atoms with van der Waals surface area (Å²) in [5, 5.41) is 8.63. The van der Waals surface area contributed by atoms with E-state index in [1.807, 2.05) is 6.07 Å². The summed E-state index contributed by atoms with van der Waals surface area (Å²) in [5.74, 6) is 0.882. The summed E-state index contributed by atoms with van der Waals surface area (Å²) in [7, 11) is 0. The zero-order chi connectivity index (χ0) is 12.1. The Balaban J connectivity index is 0.000000292. The average Bonchev–Trinajstić information content (AvgIpc) is 2.48. The Morgan fingerprint density at radius 2 is 1.59 bits per heavy atom. The molecule has 17 heavy (non-hydrogen) atoms. The summed E-state index contributed by atoms with van der Waals surface area (Å²) in [6.07, 6.45) is 3.36. The molecule has 1 aromatic carbocycles. The number of para-hydroxylation sites is 1. The number of phenolic OH excluding ortho intramolecular Hbond substituents is 1. The first-order valence-electron chi connectivity index (χ1n) is 5.54. The quantitative estimate of drug-likeness (QED) is 0.551. The molecule has 0 fully saturated rings. The molecule has 1 nitrogen and oxygen atoms in total. The predicted octanol–water partition coefficient (Wildman–Crippen LogP) is 4.11. The first kappa shape index (κ1) is 16.2. The minimum atomic E-state index is 0. The molecule has 0 spiro atoms. The minimum Gasteiger partial charge on any atom is -0.508 e. The van der Waals surface area contributed by atoms with E-state index in [2.05, 4.69) is 33.8 Å². The normalized spacial score (nSPS) is 17.9. The Labute approximate surface area is 119 Å². The van der Waals surface area contributed by atoms with Gasteiger partial charge in [-0.3, -0.25) is 6.08 Å². The second-order valence-electron chi connectivity index (χ2n) is 4.13. The van der Waals surface area contributed by atoms with Gasteiger partial charge in [0, 0.05) is 21.7 Å². The van der Waals surface area contributed by atoms with Crippen molar-refractivity contribution in [3.63, 3.8) is 0 Å². The van der Waals surface area contributed by atoms with Crippen LogP contribution in [0.2, 0.25) is 0 Å². The second kappa shape index (κ2) is 7.52. The molecule has 0 heterocycles. The Morgan fingerprint density at radius 1 is 1.06 bits per heavy atom. The van der Waals surface area contributed by atoms with Gasteiger partial charge in [-0.2, -0.15) is 11.1 Å². The van der Waals surface area contributed by atoms with Gasteiger partial charge < -0.3 is 5.11 Å². The molecule has 1 aliphatic carbocycles. The smallest absolute Gasteiger partial charge is 0.115 e. The van der Waals surface area contributed by atoms with E-state index in [0.717, 1.165) is 0 Å². The van der Waals surface area contributed by atoms with Crippen LogP contribution >= 0.6 is 0 Å². The van der Waals surface area contributed by atoms with Gasteiger partial charge in [0.05, 0.1) is 0 Å². The largest absolute Gasteiger partial charge is 0.508 e. The molecule has 1 aromatic rings. The van der Waals surface area contributed by atoms with E-state index in [9.17, 15) is 0 Å². The van der Waals surface area contributed by atoms with E-state index in [-0.39, 0.29) is 21.7 Å². The maximum atomic E-state index is 8.63. The third-order valence-electron chi connectivity index (χ3n) is 2.99. The van der Waals surface area contributed by atoms with E-state index in [1.165, 1.54) is 16.7 Å². The van der Waals surface area contributed by atoms with Crippen molar-refractivity contribution in [3.05, 3.63) is 53.1 Å². The molecule has 1 aliphatic rings. The fourth-order valence-electron chi connectivity index (χ4n) is 1.59. The molecule has 2 heteroatoms. The van der Waals surface area contributed by atoms with Crippen LogP contribution in [0.25, 0.3) is 0 Å². The zero-order valence-corrected chi connectivity index (χ0v) is 12.5. The van der Waals surface area contributed by atoms with Gasteiger partial charge in [-0.15, -0.1) is 6.92 Å². The van der Waals surface area contributed by atoms with Gasteiger partial charge in [0.2, 0.25) is 0 Å². The molecule has 1 unspecified atom stereocenters. The van der Waals surface area contributed by atoms with Crippen LogP contribution in [0, 0.1) is 12.0 Å². The van der Waals surface area contributed by atoms with Gasteiger partial charge in [-0.05, 0) is 12.1 Å². The van der Waals surface area contributed by atoms with Crippen LogP contribution in [0.4, 0.5) is 0 Å². The van der Waals surface area contributed by atoms with Crippen LogP contribution in [-0.2, 0) is 21.7 Å². The van der Waals surface area contributed by atoms with Crippen LogP contribution in [0.1, 0.15) is 27.7 Å². The summed E-state index contributed by atoms with van der Waals surface area (Å²) >= 11 is 0. The first-order chi connectivity index (χ1) is 7.52. The molecule has 0 aromatic heterocycles. The summed E-state index contributed by atoms with van der Waals surface area (Å²) in [6, 6.07) is 8.71. The Bertz CT molecular complexity index is 404. The van der Waals surface area contributed by atoms with Gasteiger partial charge in [0.25, 0.3) is 0 Å². The molecule has 0 radical (unpaired) electrons. The van der Waals surface area contributed by atoms with Crippen molar-refractivity contribution >= 4 is 0 Å². The number of benzene rings is 1. The Hall–Kier alpha value is -0.786. The first-order valence-corrected chi connectivity index (χ1v) is 5.54. The van der Waals surface area contributed by atoms with Crippen LogP contribution in [0.5, 0.6) is 5.75 Å². The summed E-state index contributed by atoms with van der Waals surface area (Å²) in [4.78, 5) is 0. The average molecular weight is 263 g/mol. The molecule has 0 saturated heterocycles. The molecule has 1 atom stereocenters. The summed E-state index contributed by atoms with van der Waals surface area (Å²) in [5.41, 5.74) is 4.25. The minimum absolute atomic E-state index is 0. The van der Waals surface area contributed by atoms with E-state index in [4.69, 9.17) is 5.11 Å². The molecule has 0 amide bonds. The second-order valence-corrected chi connectivity index (χ2v) is 4.13. The van der Waals surface area contributed by atoms with Crippen molar-refractivity contribution in [1.29, 1.82) is 0 Å². The van der Waals surface area contributed by atoms with E-state index in [0.29, 0.717) is 11.7 Å². The van der Waals surface area contributed by atoms with Crippen LogP contribution in [-0.4, -0.2) is 5.11 Å². The van der Waals surface area contributed by atoms with E-state index >= 15 is 0 Å². The van der Waals surface area contributed by atoms with Gasteiger partial charge in [-0.25, -0.2) is 5.57 Å². The van der Waals surface area contributed by atoms with Crippen molar-refractivity contribution in [2.45, 2.75) is 27.7 Å². The Kier molecular flexibility index (Phi) is 7.18. The number of aromatic hydroxyl groups is 1. The number of hydrogen-bond donors (Lipinski definition) is 1. The van der Waals surface area contributed by atoms with Crippen molar-refractivity contribution < 1.29 is 26.8 Å². The monoisotopic (exact) mass is 263 g/mol. The van der Waals surface area contributed by atoms with Crippen LogP contribution in [0.3, 0.4) is 0 Å². The SMILES string of the molecule is CC1=[C-]C(C)C(C)=C1C.Oc1ccccc1.[Ti]. The van der Waals surface area contributed by atoms with Crippen molar-refractivity contribution in [3.8, 4) is 5.75 Å². The van der Waals surface area contributed by atoms with Gasteiger partial charge in [0.15, 0.2) is 0 Å². The fraction of sp³-hybridized carbons (Fsp3) is 0.333. The standard InChI is InChI=1S/C9H13.C6H6O.Ti/c1-6-5-7(2)9(4)8(6)3;7-6-4-2-1-3-5-6;/h6H,1-4H3;1-5,7H;/q-1;;. The van der Waals surface area contributed by atoms with Crippen molar-refractivity contribution in [2.75, 3.05) is 0 Å². The topological polar surface area (TPSA) is 20.2 Å². The van der Waals surface area contributed by atoms with Crippen LogP contribution < -0.4 is 0 Å². The predicted molar refractivity (Wildman–Crippen MR) is 68.1 cm³/mol. The van der Waals surface area contributed by atoms with E-state index < -0.39 is 0 Å². The van der Waals surface area contributed by atoms with Gasteiger partial charge >= 0.3 is 0 Å². The van der Waals surface area contributed by atoms with Gasteiger partial charge in [-0.1, -0.05) is 44.9 Å². The molecule has 2 rings (SSSR count). The fourth-order valence-corrected chi connectivity index (χ4v) is 1.59. The molecule has 90 valence electrons. The number of phenols is 1. The summed E-state index contributed by atoms with van der Waals surface area (Å²) in [6.45, 7) is 8.67. The maximum Gasteiger partial charge on any atom is 0.115 e. The summed E-state index contributed by atoms with van der Waals surface area (Å²) < 4.78 is 0. The molecule has 0 saturated carbocycles. The molecular formula is C15H19OTi-. The number of rotatable bonds is 0. The van der Waals surface area contributed by atoms with Crippen molar-refractivity contribution in [2.24, 2.45) is 5.92 Å². The zero-order valence-electron chi connectivity index (χ0n) is 10.9. The number of allylic oxidation sites excluding steroid dienone is 4. The third-order valence-corrected chi connectivity index (χ3v) is 2.99. The molecule has 1 N–H and O–H groups in total. The molecule has 0 bridgehead atoms. The third kappa shape index (κ3) is 4.93. The Morgan fingerprint density at radius 3 is 1.76 bits per heavy atom.